The first-order chi connectivity index (χ1) is 5.62. The molecule has 1 nitrogen and oxygen atoms in total. The van der Waals surface area contributed by atoms with E-state index in [0.717, 1.165) is 12.3 Å². The lowest BCUT2D eigenvalue weighted by atomic mass is 9.67. The van der Waals surface area contributed by atoms with Crippen LogP contribution in [0.3, 0.4) is 0 Å². The molecule has 2 aliphatic carbocycles. The minimum absolute atomic E-state index is 0.338. The minimum Gasteiger partial charge on any atom is -0.396 e. The third kappa shape index (κ3) is 0.779. The summed E-state index contributed by atoms with van der Waals surface area (Å²) >= 11 is 0. The van der Waals surface area contributed by atoms with Crippen molar-refractivity contribution < 1.29 is 5.11 Å². The molecule has 68 valence electrons. The van der Waals surface area contributed by atoms with E-state index in [4.69, 9.17) is 5.11 Å². The molecule has 1 saturated carbocycles. The Morgan fingerprint density at radius 2 is 2.25 bits per heavy atom. The molecule has 0 amide bonds. The Morgan fingerprint density at radius 3 is 2.58 bits per heavy atom. The molecule has 0 aromatic heterocycles. The number of aliphatic hydroxyl groups excluding tert-OH is 1. The van der Waals surface area contributed by atoms with Gasteiger partial charge in [-0.05, 0) is 36.0 Å². The van der Waals surface area contributed by atoms with E-state index >= 15 is 0 Å². The van der Waals surface area contributed by atoms with Crippen LogP contribution in [0.15, 0.2) is 12.2 Å². The summed E-state index contributed by atoms with van der Waals surface area (Å²) in [5.41, 5.74) is 0.724. The first-order valence-corrected chi connectivity index (χ1v) is 4.93. The summed E-state index contributed by atoms with van der Waals surface area (Å²) < 4.78 is 0. The summed E-state index contributed by atoms with van der Waals surface area (Å²) in [4.78, 5) is 0. The fraction of sp³-hybridized carbons (Fsp3) is 0.818. The summed E-state index contributed by atoms with van der Waals surface area (Å²) in [5, 5.41) is 9.04. The maximum Gasteiger partial charge on any atom is 0.0436 e. The molecule has 2 aliphatic rings. The second-order valence-electron chi connectivity index (χ2n) is 4.81. The first kappa shape index (κ1) is 8.31. The van der Waals surface area contributed by atoms with E-state index in [9.17, 15) is 0 Å². The highest BCUT2D eigenvalue weighted by molar-refractivity contribution is 5.23. The Hall–Kier alpha value is -0.300. The smallest absolute Gasteiger partial charge is 0.0436 e. The fourth-order valence-electron chi connectivity index (χ4n) is 3.10. The third-order valence-electron chi connectivity index (χ3n) is 4.43. The van der Waals surface area contributed by atoms with Crippen LogP contribution >= 0.6 is 0 Å². The molecule has 3 atom stereocenters. The molecule has 12 heavy (non-hydrogen) atoms. The largest absolute Gasteiger partial charge is 0.396 e. The zero-order valence-corrected chi connectivity index (χ0v) is 8.01. The summed E-state index contributed by atoms with van der Waals surface area (Å²) in [5.74, 6) is 0.731. The monoisotopic (exact) mass is 166 g/mol. The van der Waals surface area contributed by atoms with Crippen LogP contribution in [-0.2, 0) is 0 Å². The van der Waals surface area contributed by atoms with Crippen LogP contribution in [0.5, 0.6) is 0 Å². The first-order valence-electron chi connectivity index (χ1n) is 4.93. The van der Waals surface area contributed by atoms with Crippen LogP contribution in [0.2, 0.25) is 0 Å². The van der Waals surface area contributed by atoms with E-state index in [0.29, 0.717) is 17.4 Å². The van der Waals surface area contributed by atoms with Crippen molar-refractivity contribution in [3.8, 4) is 0 Å². The minimum atomic E-state index is 0.338. The lowest BCUT2D eigenvalue weighted by Crippen LogP contribution is -2.32. The van der Waals surface area contributed by atoms with Gasteiger partial charge < -0.3 is 5.11 Å². The van der Waals surface area contributed by atoms with Gasteiger partial charge >= 0.3 is 0 Å². The van der Waals surface area contributed by atoms with Crippen molar-refractivity contribution >= 4 is 0 Å². The highest BCUT2D eigenvalue weighted by Gasteiger charge is 2.54. The zero-order valence-electron chi connectivity index (χ0n) is 8.01. The van der Waals surface area contributed by atoms with E-state index in [-0.39, 0.29) is 0 Å². The molecular weight excluding hydrogens is 148 g/mol. The van der Waals surface area contributed by atoms with Gasteiger partial charge in [0.25, 0.3) is 0 Å². The van der Waals surface area contributed by atoms with Crippen LogP contribution in [0, 0.1) is 16.7 Å². The number of hydrogen-bond donors (Lipinski definition) is 1. The molecule has 0 aromatic rings. The molecule has 0 saturated heterocycles. The lowest BCUT2D eigenvalue weighted by Gasteiger charge is -2.37. The van der Waals surface area contributed by atoms with Gasteiger partial charge in [-0.25, -0.2) is 0 Å². The molecule has 0 aromatic carbocycles. The van der Waals surface area contributed by atoms with Gasteiger partial charge in [0, 0.05) is 6.61 Å². The third-order valence-corrected chi connectivity index (χ3v) is 4.43. The van der Waals surface area contributed by atoms with Crippen LogP contribution in [0.25, 0.3) is 0 Å². The fourth-order valence-corrected chi connectivity index (χ4v) is 3.10. The van der Waals surface area contributed by atoms with Crippen molar-refractivity contribution in [2.75, 3.05) is 6.61 Å². The number of aliphatic hydroxyl groups is 1. The average molecular weight is 166 g/mol. The van der Waals surface area contributed by atoms with Crippen molar-refractivity contribution in [3.05, 3.63) is 12.2 Å². The van der Waals surface area contributed by atoms with Crippen molar-refractivity contribution in [1.29, 1.82) is 0 Å². The van der Waals surface area contributed by atoms with Crippen LogP contribution in [0.1, 0.15) is 33.1 Å². The van der Waals surface area contributed by atoms with Crippen molar-refractivity contribution in [3.63, 3.8) is 0 Å². The molecule has 0 aliphatic heterocycles. The van der Waals surface area contributed by atoms with Gasteiger partial charge in [-0.3, -0.25) is 0 Å². The van der Waals surface area contributed by atoms with Gasteiger partial charge in [-0.1, -0.05) is 26.0 Å². The molecule has 0 radical (unpaired) electrons. The number of fused-ring (bicyclic) bond motifs is 2. The van der Waals surface area contributed by atoms with Crippen molar-refractivity contribution in [2.45, 2.75) is 33.1 Å². The molecule has 0 heterocycles. The van der Waals surface area contributed by atoms with Gasteiger partial charge in [-0.2, -0.15) is 0 Å². The second-order valence-corrected chi connectivity index (χ2v) is 4.81. The number of rotatable bonds is 2. The summed E-state index contributed by atoms with van der Waals surface area (Å²) in [6, 6.07) is 0. The Balaban J connectivity index is 2.28. The van der Waals surface area contributed by atoms with Crippen LogP contribution in [0.4, 0.5) is 0 Å². The quantitative estimate of drug-likeness (QED) is 0.624. The molecule has 1 N–H and O–H groups in total. The van der Waals surface area contributed by atoms with Gasteiger partial charge in [0.05, 0.1) is 0 Å². The highest BCUT2D eigenvalue weighted by atomic mass is 16.3. The summed E-state index contributed by atoms with van der Waals surface area (Å²) in [6.07, 6.45) is 8.32. The topological polar surface area (TPSA) is 20.2 Å². The predicted molar refractivity (Wildman–Crippen MR) is 49.8 cm³/mol. The number of hydrogen-bond acceptors (Lipinski definition) is 1. The zero-order chi connectivity index (χ0) is 8.82. The van der Waals surface area contributed by atoms with E-state index in [1.807, 2.05) is 0 Å². The van der Waals surface area contributed by atoms with Gasteiger partial charge in [0.1, 0.15) is 0 Å². The Labute approximate surface area is 74.5 Å². The number of allylic oxidation sites excluding steroid dienone is 2. The Morgan fingerprint density at radius 1 is 1.50 bits per heavy atom. The van der Waals surface area contributed by atoms with Gasteiger partial charge in [0.2, 0.25) is 0 Å². The normalized spacial score (nSPS) is 50.4. The maximum atomic E-state index is 9.04. The van der Waals surface area contributed by atoms with Gasteiger partial charge in [-0.15, -0.1) is 0 Å². The van der Waals surface area contributed by atoms with Crippen LogP contribution in [-0.4, -0.2) is 11.7 Å². The second kappa shape index (κ2) is 2.35. The Kier molecular flexibility index (Phi) is 1.63. The molecule has 1 fully saturated rings. The van der Waals surface area contributed by atoms with E-state index in [2.05, 4.69) is 26.0 Å². The standard InChI is InChI=1S/C11H18O/c1-10-5-3-9(4-6-10)11(10,2)7-8-12/h3,5,9,12H,4,6-8H2,1-2H3. The summed E-state index contributed by atoms with van der Waals surface area (Å²) in [7, 11) is 0. The van der Waals surface area contributed by atoms with E-state index in [1.54, 1.807) is 0 Å². The summed E-state index contributed by atoms with van der Waals surface area (Å²) in [6.45, 7) is 5.01. The molecule has 2 bridgehead atoms. The maximum absolute atomic E-state index is 9.04. The van der Waals surface area contributed by atoms with E-state index in [1.165, 1.54) is 12.8 Å². The lowest BCUT2D eigenvalue weighted by molar-refractivity contribution is 0.103. The molecule has 2 rings (SSSR count). The van der Waals surface area contributed by atoms with Gasteiger partial charge in [0.15, 0.2) is 0 Å². The molecule has 0 spiro atoms. The molecule has 3 unspecified atom stereocenters. The molecule has 1 heteroatoms. The average Bonchev–Trinajstić information content (AvgIpc) is 2.39. The Bertz CT molecular complexity index is 221. The molecular formula is C11H18O. The predicted octanol–water partition coefficient (Wildman–Crippen LogP) is 2.36. The van der Waals surface area contributed by atoms with Crippen LogP contribution < -0.4 is 0 Å². The highest BCUT2D eigenvalue weighted by Crippen LogP contribution is 2.63. The SMILES string of the molecule is CC12C=CC(CC1)C2(C)CCO. The van der Waals surface area contributed by atoms with Crippen molar-refractivity contribution in [1.82, 2.24) is 0 Å². The van der Waals surface area contributed by atoms with Crippen molar-refractivity contribution in [2.24, 2.45) is 16.7 Å². The van der Waals surface area contributed by atoms with E-state index < -0.39 is 0 Å².